The SMILES string of the molecule is CC(C)CC1(C(=O)NCc2cc(C(F)(F)F)cc(C(F)(F)F)c2)CCC(N2CC[C@@]3(C=Cc4ccccc43)[C@@H](C)C2)C1. The summed E-state index contributed by atoms with van der Waals surface area (Å²) in [5.74, 6) is 0.284. The van der Waals surface area contributed by atoms with Crippen LogP contribution in [0.2, 0.25) is 0 Å². The van der Waals surface area contributed by atoms with Crippen molar-refractivity contribution in [3.8, 4) is 0 Å². The van der Waals surface area contributed by atoms with Gasteiger partial charge in [-0.1, -0.05) is 57.2 Å². The molecule has 0 radical (unpaired) electrons. The first kappa shape index (κ1) is 30.6. The number of piperidine rings is 1. The summed E-state index contributed by atoms with van der Waals surface area (Å²) in [6, 6.07) is 10.2. The van der Waals surface area contributed by atoms with E-state index in [-0.39, 0.29) is 34.9 Å². The molecule has 2 aliphatic carbocycles. The molecule has 2 aromatic carbocycles. The van der Waals surface area contributed by atoms with Crippen LogP contribution in [0.5, 0.6) is 0 Å². The van der Waals surface area contributed by atoms with Gasteiger partial charge in [-0.15, -0.1) is 0 Å². The van der Waals surface area contributed by atoms with E-state index in [1.54, 1.807) is 0 Å². The Hall–Kier alpha value is -2.81. The number of likely N-dealkylation sites (tertiary alicyclic amines) is 1. The number of carbonyl (C=O) groups is 1. The number of allylic oxidation sites excluding steroid dienone is 1. The molecule has 1 N–H and O–H groups in total. The second kappa shape index (κ2) is 11.0. The van der Waals surface area contributed by atoms with Gasteiger partial charge in [0.2, 0.25) is 5.91 Å². The van der Waals surface area contributed by atoms with E-state index in [1.807, 2.05) is 13.8 Å². The lowest BCUT2D eigenvalue weighted by Gasteiger charge is -2.46. The van der Waals surface area contributed by atoms with Gasteiger partial charge in [0, 0.05) is 24.5 Å². The lowest BCUT2D eigenvalue weighted by Crippen LogP contribution is -2.51. The topological polar surface area (TPSA) is 32.3 Å². The van der Waals surface area contributed by atoms with Crippen LogP contribution >= 0.6 is 0 Å². The molecule has 2 unspecified atom stereocenters. The largest absolute Gasteiger partial charge is 0.416 e. The molecule has 4 atom stereocenters. The van der Waals surface area contributed by atoms with Crippen LogP contribution in [0, 0.1) is 17.3 Å². The summed E-state index contributed by atoms with van der Waals surface area (Å²) in [6.45, 7) is 7.74. The molecule has 1 saturated heterocycles. The van der Waals surface area contributed by atoms with Crippen molar-refractivity contribution in [1.82, 2.24) is 10.2 Å². The van der Waals surface area contributed by atoms with Crippen LogP contribution in [0.1, 0.15) is 80.7 Å². The average Bonchev–Trinajstić information content (AvgIpc) is 3.51. The van der Waals surface area contributed by atoms with Gasteiger partial charge in [-0.3, -0.25) is 9.69 Å². The number of rotatable bonds is 6. The number of carbonyl (C=O) groups excluding carboxylic acids is 1. The molecular formula is C33H38F6N2O. The van der Waals surface area contributed by atoms with Crippen LogP contribution in [-0.2, 0) is 29.1 Å². The Labute approximate surface area is 243 Å². The molecule has 2 fully saturated rings. The summed E-state index contributed by atoms with van der Waals surface area (Å²) in [5, 5.41) is 2.73. The molecule has 2 aromatic rings. The van der Waals surface area contributed by atoms with E-state index >= 15 is 0 Å². The highest BCUT2D eigenvalue weighted by atomic mass is 19.4. The lowest BCUT2D eigenvalue weighted by atomic mass is 9.67. The predicted molar refractivity (Wildman–Crippen MR) is 150 cm³/mol. The first-order chi connectivity index (χ1) is 19.6. The van der Waals surface area contributed by atoms with Crippen LogP contribution in [0.3, 0.4) is 0 Å². The number of hydrogen-bond donors (Lipinski definition) is 1. The summed E-state index contributed by atoms with van der Waals surface area (Å²) in [7, 11) is 0. The van der Waals surface area contributed by atoms with Gasteiger partial charge >= 0.3 is 12.4 Å². The van der Waals surface area contributed by atoms with E-state index in [0.29, 0.717) is 37.3 Å². The van der Waals surface area contributed by atoms with Crippen molar-refractivity contribution in [2.75, 3.05) is 13.1 Å². The molecule has 3 nitrogen and oxygen atoms in total. The maximum Gasteiger partial charge on any atom is 0.416 e. The number of fused-ring (bicyclic) bond motifs is 2. The zero-order valence-electron chi connectivity index (χ0n) is 24.2. The second-order valence-corrected chi connectivity index (χ2v) is 13.0. The van der Waals surface area contributed by atoms with Gasteiger partial charge in [0.1, 0.15) is 0 Å². The van der Waals surface area contributed by atoms with Crippen LogP contribution in [0.25, 0.3) is 6.08 Å². The van der Waals surface area contributed by atoms with Crippen LogP contribution in [0.4, 0.5) is 26.3 Å². The van der Waals surface area contributed by atoms with E-state index in [1.165, 1.54) is 11.1 Å². The first-order valence-electron chi connectivity index (χ1n) is 14.7. The number of nitrogens with zero attached hydrogens (tertiary/aromatic N) is 1. The van der Waals surface area contributed by atoms with E-state index in [4.69, 9.17) is 0 Å². The standard InChI is InChI=1S/C33H38F6N2O/c1-21(2)17-30(29(42)40-19-23-14-25(32(34,35)36)16-26(15-23)33(37,38)39)10-9-27(18-30)41-13-12-31(22(3)20-41)11-8-24-6-4-5-7-28(24)31/h4-8,11,14-16,21-22,27H,9-10,12-13,17-20H2,1-3H3,(H,40,42)/t22-,27?,30?,31-/m0/s1. The van der Waals surface area contributed by atoms with E-state index in [9.17, 15) is 31.1 Å². The molecule has 1 spiro atoms. The Balaban J connectivity index is 1.29. The molecular weight excluding hydrogens is 554 g/mol. The van der Waals surface area contributed by atoms with Crippen molar-refractivity contribution in [2.45, 2.75) is 83.2 Å². The molecule has 42 heavy (non-hydrogen) atoms. The summed E-state index contributed by atoms with van der Waals surface area (Å²) in [6.07, 6.45) is -1.62. The zero-order valence-corrected chi connectivity index (χ0v) is 24.2. The molecule has 3 aliphatic rings. The maximum atomic E-state index is 13.7. The van der Waals surface area contributed by atoms with Crippen molar-refractivity contribution >= 4 is 12.0 Å². The second-order valence-electron chi connectivity index (χ2n) is 13.0. The van der Waals surface area contributed by atoms with Gasteiger partial charge in [-0.25, -0.2) is 0 Å². The fourth-order valence-electron chi connectivity index (χ4n) is 7.72. The lowest BCUT2D eigenvalue weighted by molar-refractivity contribution is -0.143. The Morgan fingerprint density at radius 1 is 1.02 bits per heavy atom. The van der Waals surface area contributed by atoms with Gasteiger partial charge in [-0.05, 0) is 85.4 Å². The molecule has 1 heterocycles. The fraction of sp³-hybridized carbons (Fsp3) is 0.545. The molecule has 1 saturated carbocycles. The molecule has 1 amide bonds. The highest BCUT2D eigenvalue weighted by molar-refractivity contribution is 5.83. The van der Waals surface area contributed by atoms with Crippen molar-refractivity contribution in [3.63, 3.8) is 0 Å². The van der Waals surface area contributed by atoms with Gasteiger partial charge < -0.3 is 5.32 Å². The van der Waals surface area contributed by atoms with Gasteiger partial charge in [0.05, 0.1) is 16.5 Å². The van der Waals surface area contributed by atoms with Crippen molar-refractivity contribution in [2.24, 2.45) is 17.3 Å². The Bertz CT molecular complexity index is 1320. The number of benzene rings is 2. The summed E-state index contributed by atoms with van der Waals surface area (Å²) < 4.78 is 80.0. The predicted octanol–water partition coefficient (Wildman–Crippen LogP) is 8.23. The van der Waals surface area contributed by atoms with E-state index in [2.05, 4.69) is 53.6 Å². The third-order valence-corrected chi connectivity index (χ3v) is 9.70. The number of alkyl halides is 6. The van der Waals surface area contributed by atoms with Crippen molar-refractivity contribution in [1.29, 1.82) is 0 Å². The van der Waals surface area contributed by atoms with Gasteiger partial charge in [-0.2, -0.15) is 26.3 Å². The molecule has 1 aliphatic heterocycles. The Morgan fingerprint density at radius 3 is 2.31 bits per heavy atom. The van der Waals surface area contributed by atoms with E-state index in [0.717, 1.165) is 25.9 Å². The number of hydrogen-bond acceptors (Lipinski definition) is 2. The molecule has 9 heteroatoms. The summed E-state index contributed by atoms with van der Waals surface area (Å²) >= 11 is 0. The minimum atomic E-state index is -4.93. The highest BCUT2D eigenvalue weighted by Gasteiger charge is 2.50. The Morgan fingerprint density at radius 2 is 1.69 bits per heavy atom. The molecule has 0 aromatic heterocycles. The molecule has 228 valence electrons. The van der Waals surface area contributed by atoms with Crippen LogP contribution in [0.15, 0.2) is 48.5 Å². The highest BCUT2D eigenvalue weighted by Crippen LogP contribution is 2.50. The smallest absolute Gasteiger partial charge is 0.352 e. The normalized spacial score (nSPS) is 28.0. The van der Waals surface area contributed by atoms with E-state index < -0.39 is 35.4 Å². The molecule has 0 bridgehead atoms. The minimum Gasteiger partial charge on any atom is -0.352 e. The van der Waals surface area contributed by atoms with Gasteiger partial charge in [0.15, 0.2) is 0 Å². The Kier molecular flexibility index (Phi) is 8.05. The van der Waals surface area contributed by atoms with Crippen LogP contribution in [-0.4, -0.2) is 29.9 Å². The van der Waals surface area contributed by atoms with Crippen molar-refractivity contribution < 1.29 is 31.1 Å². The maximum absolute atomic E-state index is 13.7. The third-order valence-electron chi connectivity index (χ3n) is 9.70. The third kappa shape index (κ3) is 5.86. The zero-order chi connectivity index (χ0) is 30.5. The first-order valence-corrected chi connectivity index (χ1v) is 14.7. The monoisotopic (exact) mass is 592 g/mol. The number of nitrogens with one attached hydrogen (secondary N) is 1. The quantitative estimate of drug-likeness (QED) is 0.343. The fourth-order valence-corrected chi connectivity index (χ4v) is 7.72. The summed E-state index contributed by atoms with van der Waals surface area (Å²) in [5.41, 5.74) is -1.04. The number of halogens is 6. The van der Waals surface area contributed by atoms with Crippen molar-refractivity contribution in [3.05, 3.63) is 76.4 Å². The summed E-state index contributed by atoms with van der Waals surface area (Å²) in [4.78, 5) is 16.2. The molecule has 5 rings (SSSR count). The van der Waals surface area contributed by atoms with Crippen LogP contribution < -0.4 is 5.32 Å². The number of amides is 1. The minimum absolute atomic E-state index is 0.0122. The average molecular weight is 593 g/mol. The van der Waals surface area contributed by atoms with Gasteiger partial charge in [0.25, 0.3) is 0 Å².